The molecule has 0 bridgehead atoms. The Morgan fingerprint density at radius 1 is 0.750 bits per heavy atom. The predicted molar refractivity (Wildman–Crippen MR) is 83.1 cm³/mol. The molecule has 106 valence electrons. The fraction of sp³-hybridized carbons (Fsp3) is 0.368. The van der Waals surface area contributed by atoms with Crippen molar-refractivity contribution in [3.05, 3.63) is 66.8 Å². The van der Waals surface area contributed by atoms with E-state index in [1.807, 2.05) is 0 Å². The van der Waals surface area contributed by atoms with Crippen LogP contribution in [0.1, 0.15) is 51.7 Å². The van der Waals surface area contributed by atoms with Gasteiger partial charge in [0.25, 0.3) is 0 Å². The van der Waals surface area contributed by atoms with Gasteiger partial charge in [-0.05, 0) is 46.7 Å². The van der Waals surface area contributed by atoms with Crippen LogP contribution in [-0.2, 0) is 5.41 Å². The van der Waals surface area contributed by atoms with Crippen molar-refractivity contribution >= 4 is 0 Å². The molecule has 0 aliphatic heterocycles. The molecular formula is C19H24I+. The van der Waals surface area contributed by atoms with Crippen molar-refractivity contribution in [2.75, 3.05) is 0 Å². The predicted octanol–water partition coefficient (Wildman–Crippen LogP) is 2.24. The van der Waals surface area contributed by atoms with Gasteiger partial charge < -0.3 is 0 Å². The number of benzene rings is 2. The minimum Gasteiger partial charge on any atom is -0.0587 e. The van der Waals surface area contributed by atoms with Crippen LogP contribution >= 0.6 is 0 Å². The monoisotopic (exact) mass is 379 g/mol. The zero-order valence-electron chi connectivity index (χ0n) is 13.1. The SMILES string of the molecule is CC(C)c1ccc([I+]c2ccc(C(C)(C)C)cc2)cc1. The summed E-state index contributed by atoms with van der Waals surface area (Å²) >= 11 is -0.0534. The molecule has 0 aliphatic rings. The highest BCUT2D eigenvalue weighted by molar-refractivity contribution is 5.22. The Morgan fingerprint density at radius 3 is 1.60 bits per heavy atom. The molecule has 0 N–H and O–H groups in total. The van der Waals surface area contributed by atoms with Crippen molar-refractivity contribution in [1.82, 2.24) is 0 Å². The molecule has 2 aromatic rings. The Kier molecular flexibility index (Phi) is 4.90. The van der Waals surface area contributed by atoms with Crippen LogP contribution in [-0.4, -0.2) is 0 Å². The average molecular weight is 379 g/mol. The molecule has 1 heteroatoms. The third kappa shape index (κ3) is 4.08. The van der Waals surface area contributed by atoms with Gasteiger partial charge in [-0.2, -0.15) is 0 Å². The summed E-state index contributed by atoms with van der Waals surface area (Å²) in [6.07, 6.45) is 0. The zero-order valence-corrected chi connectivity index (χ0v) is 15.2. The summed E-state index contributed by atoms with van der Waals surface area (Å²) in [6, 6.07) is 18.4. The molecule has 0 fully saturated rings. The Hall–Kier alpha value is -0.830. The summed E-state index contributed by atoms with van der Waals surface area (Å²) < 4.78 is 2.99. The van der Waals surface area contributed by atoms with Crippen LogP contribution in [0.4, 0.5) is 0 Å². The highest BCUT2D eigenvalue weighted by Crippen LogP contribution is 2.20. The average Bonchev–Trinajstić information content (AvgIpc) is 2.39. The molecule has 2 aromatic carbocycles. The summed E-state index contributed by atoms with van der Waals surface area (Å²) in [5.74, 6) is 0.619. The molecule has 20 heavy (non-hydrogen) atoms. The Balaban J connectivity index is 2.10. The number of hydrogen-bond acceptors (Lipinski definition) is 0. The van der Waals surface area contributed by atoms with Crippen LogP contribution in [0.15, 0.2) is 48.5 Å². The third-order valence-electron chi connectivity index (χ3n) is 3.47. The van der Waals surface area contributed by atoms with Crippen LogP contribution in [0, 0.1) is 7.14 Å². The fourth-order valence-corrected chi connectivity index (χ4v) is 4.21. The van der Waals surface area contributed by atoms with Gasteiger partial charge in [0.1, 0.15) is 0 Å². The zero-order chi connectivity index (χ0) is 14.8. The van der Waals surface area contributed by atoms with Crippen LogP contribution in [0.2, 0.25) is 0 Å². The van der Waals surface area contributed by atoms with E-state index < -0.39 is 0 Å². The Labute approximate surface area is 133 Å². The third-order valence-corrected chi connectivity index (χ3v) is 6.15. The van der Waals surface area contributed by atoms with E-state index in [9.17, 15) is 0 Å². The second kappa shape index (κ2) is 6.30. The Bertz CT molecular complexity index is 542. The van der Waals surface area contributed by atoms with E-state index in [4.69, 9.17) is 0 Å². The molecule has 0 heterocycles. The quantitative estimate of drug-likeness (QED) is 0.718. The second-order valence-electron chi connectivity index (χ2n) is 6.56. The van der Waals surface area contributed by atoms with E-state index in [2.05, 4.69) is 83.1 Å². The molecule has 2 rings (SSSR count). The van der Waals surface area contributed by atoms with E-state index in [0.29, 0.717) is 5.92 Å². The molecule has 0 atom stereocenters. The first-order chi connectivity index (χ1) is 9.36. The van der Waals surface area contributed by atoms with Gasteiger partial charge in [-0.1, -0.05) is 58.9 Å². The van der Waals surface area contributed by atoms with Gasteiger partial charge in [0.15, 0.2) is 7.14 Å². The van der Waals surface area contributed by atoms with Crippen molar-refractivity contribution < 1.29 is 21.2 Å². The van der Waals surface area contributed by atoms with Gasteiger partial charge in [-0.15, -0.1) is 0 Å². The lowest BCUT2D eigenvalue weighted by molar-refractivity contribution is -0.597. The summed E-state index contributed by atoms with van der Waals surface area (Å²) in [7, 11) is 0. The molecule has 0 spiro atoms. The van der Waals surface area contributed by atoms with Crippen LogP contribution in [0.3, 0.4) is 0 Å². The van der Waals surface area contributed by atoms with Crippen molar-refractivity contribution in [3.63, 3.8) is 0 Å². The molecule has 0 saturated heterocycles. The second-order valence-corrected chi connectivity index (χ2v) is 9.59. The minimum absolute atomic E-state index is 0.0534. The molecule has 0 amide bonds. The minimum atomic E-state index is -0.0534. The van der Waals surface area contributed by atoms with Crippen molar-refractivity contribution in [2.24, 2.45) is 0 Å². The number of halogens is 1. The standard InChI is InChI=1S/C19H24I/c1-14(2)15-6-10-17(11-7-15)20-18-12-8-16(9-13-18)19(3,4)5/h6-14H,1-5H3/q+1. The van der Waals surface area contributed by atoms with E-state index in [0.717, 1.165) is 0 Å². The lowest BCUT2D eigenvalue weighted by Crippen LogP contribution is -3.61. The van der Waals surface area contributed by atoms with Crippen LogP contribution in [0.25, 0.3) is 0 Å². The largest absolute Gasteiger partial charge is 0.357 e. The van der Waals surface area contributed by atoms with Crippen molar-refractivity contribution in [2.45, 2.75) is 46.0 Å². The normalized spacial score (nSPS) is 11.9. The van der Waals surface area contributed by atoms with E-state index >= 15 is 0 Å². The van der Waals surface area contributed by atoms with Crippen LogP contribution < -0.4 is 21.2 Å². The van der Waals surface area contributed by atoms with Crippen molar-refractivity contribution in [1.29, 1.82) is 0 Å². The molecule has 0 saturated carbocycles. The fourth-order valence-electron chi connectivity index (χ4n) is 2.05. The van der Waals surface area contributed by atoms with Gasteiger partial charge in [-0.3, -0.25) is 0 Å². The van der Waals surface area contributed by atoms with Gasteiger partial charge >= 0.3 is 21.2 Å². The highest BCUT2D eigenvalue weighted by atomic mass is 127. The maximum Gasteiger partial charge on any atom is 0.357 e. The molecule has 0 aliphatic carbocycles. The lowest BCUT2D eigenvalue weighted by atomic mass is 9.87. The summed E-state index contributed by atoms with van der Waals surface area (Å²) in [6.45, 7) is 11.3. The van der Waals surface area contributed by atoms with Gasteiger partial charge in [0.2, 0.25) is 0 Å². The highest BCUT2D eigenvalue weighted by Gasteiger charge is 2.18. The first-order valence-corrected chi connectivity index (χ1v) is 9.37. The van der Waals surface area contributed by atoms with E-state index in [1.54, 1.807) is 0 Å². The molecular weight excluding hydrogens is 355 g/mol. The summed E-state index contributed by atoms with van der Waals surface area (Å²) in [4.78, 5) is 0. The summed E-state index contributed by atoms with van der Waals surface area (Å²) in [5, 5.41) is 0. The number of hydrogen-bond donors (Lipinski definition) is 0. The topological polar surface area (TPSA) is 0 Å². The smallest absolute Gasteiger partial charge is 0.0587 e. The maximum atomic E-state index is 2.31. The van der Waals surface area contributed by atoms with E-state index in [-0.39, 0.29) is 26.6 Å². The molecule has 0 radical (unpaired) electrons. The Morgan fingerprint density at radius 2 is 1.20 bits per heavy atom. The maximum absolute atomic E-state index is 2.31. The van der Waals surface area contributed by atoms with E-state index in [1.165, 1.54) is 18.3 Å². The van der Waals surface area contributed by atoms with Crippen LogP contribution in [0.5, 0.6) is 0 Å². The van der Waals surface area contributed by atoms with Gasteiger partial charge in [0, 0.05) is 0 Å². The lowest BCUT2D eigenvalue weighted by Gasteiger charge is -2.18. The molecule has 0 nitrogen and oxygen atoms in total. The molecule has 0 unspecified atom stereocenters. The van der Waals surface area contributed by atoms with Crippen molar-refractivity contribution in [3.8, 4) is 0 Å². The van der Waals surface area contributed by atoms with Gasteiger partial charge in [0.05, 0.1) is 0 Å². The molecule has 0 aromatic heterocycles. The first kappa shape index (κ1) is 15.6. The summed E-state index contributed by atoms with van der Waals surface area (Å²) in [5.41, 5.74) is 3.09. The first-order valence-electron chi connectivity index (χ1n) is 7.21. The van der Waals surface area contributed by atoms with Gasteiger partial charge in [-0.25, -0.2) is 0 Å². The number of rotatable bonds is 3.